The highest BCUT2D eigenvalue weighted by Crippen LogP contribution is 2.49. The molecule has 3 aromatic rings. The highest BCUT2D eigenvalue weighted by atomic mass is 16.3. The van der Waals surface area contributed by atoms with Crippen LogP contribution in [0.15, 0.2) is 65.7 Å². The van der Waals surface area contributed by atoms with Gasteiger partial charge in [-0.3, -0.25) is 4.99 Å². The minimum absolute atomic E-state index is 0.326. The number of nitrogens with zero attached hydrogens (tertiary/aromatic N) is 1. The van der Waals surface area contributed by atoms with Gasteiger partial charge in [0.2, 0.25) is 0 Å². The molecule has 1 atom stereocenters. The minimum Gasteiger partial charge on any atom is -0.508 e. The van der Waals surface area contributed by atoms with E-state index in [0.717, 1.165) is 33.3 Å². The summed E-state index contributed by atoms with van der Waals surface area (Å²) in [5.41, 5.74) is 3.70. The first kappa shape index (κ1) is 13.1. The third kappa shape index (κ3) is 1.58. The summed E-state index contributed by atoms with van der Waals surface area (Å²) >= 11 is 0. The molecule has 0 fully saturated rings. The molecule has 22 heavy (non-hydrogen) atoms. The van der Waals surface area contributed by atoms with Gasteiger partial charge in [0.05, 0.1) is 11.1 Å². The summed E-state index contributed by atoms with van der Waals surface area (Å²) in [6.07, 6.45) is 0. The van der Waals surface area contributed by atoms with Crippen molar-refractivity contribution >= 4 is 22.2 Å². The van der Waals surface area contributed by atoms with Gasteiger partial charge in [0.1, 0.15) is 5.75 Å². The Labute approximate surface area is 129 Å². The normalized spacial score (nSPS) is 20.0. The molecule has 0 saturated heterocycles. The third-order valence-electron chi connectivity index (χ3n) is 4.86. The average molecular weight is 287 g/mol. The molecule has 3 aromatic carbocycles. The van der Waals surface area contributed by atoms with E-state index in [-0.39, 0.29) is 0 Å². The lowest BCUT2D eigenvalue weighted by molar-refractivity contribution is 0.463. The van der Waals surface area contributed by atoms with E-state index in [1.807, 2.05) is 43.3 Å². The first-order valence-corrected chi connectivity index (χ1v) is 7.49. The molecule has 1 N–H and O–H groups in total. The molecule has 2 nitrogen and oxygen atoms in total. The monoisotopic (exact) mass is 287 g/mol. The molecule has 0 amide bonds. The van der Waals surface area contributed by atoms with Crippen molar-refractivity contribution in [3.8, 4) is 5.75 Å². The van der Waals surface area contributed by atoms with E-state index in [0.29, 0.717) is 5.75 Å². The number of hydrogen-bond acceptors (Lipinski definition) is 2. The maximum Gasteiger partial charge on any atom is 0.120 e. The van der Waals surface area contributed by atoms with Gasteiger partial charge in [-0.25, -0.2) is 0 Å². The first-order valence-electron chi connectivity index (χ1n) is 7.49. The van der Waals surface area contributed by atoms with Gasteiger partial charge < -0.3 is 5.11 Å². The molecular formula is C20H17NO. The molecule has 0 aliphatic carbocycles. The Morgan fingerprint density at radius 2 is 1.64 bits per heavy atom. The Morgan fingerprint density at radius 1 is 0.909 bits per heavy atom. The summed E-state index contributed by atoms with van der Waals surface area (Å²) in [6, 6.07) is 20.1. The molecule has 1 unspecified atom stereocenters. The van der Waals surface area contributed by atoms with Crippen LogP contribution in [0.25, 0.3) is 10.8 Å². The van der Waals surface area contributed by atoms with Gasteiger partial charge in [0.25, 0.3) is 0 Å². The minimum atomic E-state index is -0.401. The van der Waals surface area contributed by atoms with Crippen molar-refractivity contribution in [1.29, 1.82) is 0 Å². The van der Waals surface area contributed by atoms with Crippen molar-refractivity contribution in [3.63, 3.8) is 0 Å². The van der Waals surface area contributed by atoms with Crippen LogP contribution in [0.5, 0.6) is 5.75 Å². The van der Waals surface area contributed by atoms with Crippen LogP contribution in [0.1, 0.15) is 25.0 Å². The fraction of sp³-hybridized carbons (Fsp3) is 0.150. The largest absolute Gasteiger partial charge is 0.508 e. The molecule has 2 heteroatoms. The van der Waals surface area contributed by atoms with Crippen molar-refractivity contribution in [3.05, 3.63) is 71.8 Å². The summed E-state index contributed by atoms with van der Waals surface area (Å²) < 4.78 is 0. The fourth-order valence-electron chi connectivity index (χ4n) is 3.58. The number of benzene rings is 3. The second-order valence-electron chi connectivity index (χ2n) is 6.02. The molecule has 1 heterocycles. The van der Waals surface area contributed by atoms with E-state index in [1.165, 1.54) is 0 Å². The topological polar surface area (TPSA) is 32.6 Å². The van der Waals surface area contributed by atoms with Gasteiger partial charge in [0, 0.05) is 11.3 Å². The van der Waals surface area contributed by atoms with Crippen LogP contribution in [-0.2, 0) is 5.41 Å². The third-order valence-corrected chi connectivity index (χ3v) is 4.86. The quantitative estimate of drug-likeness (QED) is 0.674. The molecule has 108 valence electrons. The van der Waals surface area contributed by atoms with Gasteiger partial charge >= 0.3 is 0 Å². The number of fused-ring (bicyclic) bond motifs is 2. The first-order chi connectivity index (χ1) is 10.6. The van der Waals surface area contributed by atoms with Crippen LogP contribution in [-0.4, -0.2) is 10.8 Å². The maximum absolute atomic E-state index is 10.6. The maximum atomic E-state index is 10.6. The lowest BCUT2D eigenvalue weighted by Gasteiger charge is -2.29. The highest BCUT2D eigenvalue weighted by molar-refractivity contribution is 6.07. The number of rotatable bonds is 1. The van der Waals surface area contributed by atoms with E-state index < -0.39 is 5.41 Å². The van der Waals surface area contributed by atoms with Crippen molar-refractivity contribution in [2.24, 2.45) is 4.99 Å². The standard InChI is InChI=1S/C20H17NO/c1-13-20(2,16-9-5-6-10-17(16)21-13)19-15-8-4-3-7-14(15)11-12-18(19)22/h3-12,22H,1-2H3. The van der Waals surface area contributed by atoms with Crippen LogP contribution in [0.4, 0.5) is 5.69 Å². The Bertz CT molecular complexity index is 926. The number of para-hydroxylation sites is 1. The molecule has 0 bridgehead atoms. The number of hydrogen-bond donors (Lipinski definition) is 1. The second kappa shape index (κ2) is 4.44. The fourth-order valence-corrected chi connectivity index (χ4v) is 3.58. The van der Waals surface area contributed by atoms with Crippen LogP contribution < -0.4 is 0 Å². The van der Waals surface area contributed by atoms with Crippen LogP contribution >= 0.6 is 0 Å². The van der Waals surface area contributed by atoms with Crippen molar-refractivity contribution in [1.82, 2.24) is 0 Å². The van der Waals surface area contributed by atoms with E-state index in [2.05, 4.69) is 25.1 Å². The van der Waals surface area contributed by atoms with E-state index in [9.17, 15) is 5.11 Å². The van der Waals surface area contributed by atoms with E-state index >= 15 is 0 Å². The lowest BCUT2D eigenvalue weighted by atomic mass is 9.72. The van der Waals surface area contributed by atoms with E-state index in [4.69, 9.17) is 4.99 Å². The number of phenols is 1. The van der Waals surface area contributed by atoms with Gasteiger partial charge in [-0.1, -0.05) is 48.5 Å². The molecule has 0 spiro atoms. The van der Waals surface area contributed by atoms with Gasteiger partial charge in [-0.2, -0.15) is 0 Å². The van der Waals surface area contributed by atoms with Crippen LogP contribution in [0.3, 0.4) is 0 Å². The molecule has 1 aliphatic rings. The van der Waals surface area contributed by atoms with Gasteiger partial charge in [-0.15, -0.1) is 0 Å². The van der Waals surface area contributed by atoms with Crippen LogP contribution in [0.2, 0.25) is 0 Å². The summed E-state index contributed by atoms with van der Waals surface area (Å²) in [7, 11) is 0. The molecule has 4 rings (SSSR count). The summed E-state index contributed by atoms with van der Waals surface area (Å²) in [4.78, 5) is 4.74. The molecule has 0 saturated carbocycles. The zero-order chi connectivity index (χ0) is 15.3. The zero-order valence-electron chi connectivity index (χ0n) is 12.7. The molecule has 0 radical (unpaired) electrons. The Hall–Kier alpha value is -2.61. The van der Waals surface area contributed by atoms with Crippen molar-refractivity contribution < 1.29 is 5.11 Å². The smallest absolute Gasteiger partial charge is 0.120 e. The highest BCUT2D eigenvalue weighted by Gasteiger charge is 2.41. The Morgan fingerprint density at radius 3 is 2.50 bits per heavy atom. The Balaban J connectivity index is 2.12. The summed E-state index contributed by atoms with van der Waals surface area (Å²) in [5.74, 6) is 0.326. The lowest BCUT2D eigenvalue weighted by Crippen LogP contribution is -2.29. The molecular weight excluding hydrogens is 270 g/mol. The predicted molar refractivity (Wildman–Crippen MR) is 91.3 cm³/mol. The summed E-state index contributed by atoms with van der Waals surface area (Å²) in [6.45, 7) is 4.19. The molecule has 1 aliphatic heterocycles. The average Bonchev–Trinajstić information content (AvgIpc) is 2.79. The van der Waals surface area contributed by atoms with Gasteiger partial charge in [-0.05, 0) is 42.3 Å². The van der Waals surface area contributed by atoms with Crippen molar-refractivity contribution in [2.75, 3.05) is 0 Å². The number of phenolic OH excluding ortho intramolecular Hbond substituents is 1. The predicted octanol–water partition coefficient (Wildman–Crippen LogP) is 4.96. The summed E-state index contributed by atoms with van der Waals surface area (Å²) in [5, 5.41) is 12.8. The van der Waals surface area contributed by atoms with Crippen molar-refractivity contribution in [2.45, 2.75) is 19.3 Å². The second-order valence-corrected chi connectivity index (χ2v) is 6.02. The Kier molecular flexibility index (Phi) is 2.64. The van der Waals surface area contributed by atoms with E-state index in [1.54, 1.807) is 6.07 Å². The van der Waals surface area contributed by atoms with Crippen LogP contribution in [0, 0.1) is 0 Å². The van der Waals surface area contributed by atoms with Gasteiger partial charge in [0.15, 0.2) is 0 Å². The molecule has 0 aromatic heterocycles. The number of aliphatic imine (C=N–C) groups is 1. The zero-order valence-corrected chi connectivity index (χ0v) is 12.7. The SMILES string of the molecule is CC1=Nc2ccccc2C1(C)c1c(O)ccc2ccccc12. The number of aromatic hydroxyl groups is 1.